The van der Waals surface area contributed by atoms with Crippen LogP contribution in [-0.4, -0.2) is 23.0 Å². The Hall–Kier alpha value is -1.56. The number of urea groups is 1. The summed E-state index contributed by atoms with van der Waals surface area (Å²) in [5, 5.41) is 7.78. The highest BCUT2D eigenvalue weighted by molar-refractivity contribution is 6.28. The number of halogens is 1. The zero-order valence-corrected chi connectivity index (χ0v) is 8.09. The van der Waals surface area contributed by atoms with Crippen LogP contribution < -0.4 is 10.6 Å². The predicted molar refractivity (Wildman–Crippen MR) is 49.1 cm³/mol. The monoisotopic (exact) mass is 217 g/mol. The molecule has 0 aliphatic rings. The summed E-state index contributed by atoms with van der Waals surface area (Å²) in [5.41, 5.74) is 0. The number of anilines is 1. The van der Waals surface area contributed by atoms with Crippen molar-refractivity contribution < 1.29 is 14.1 Å². The summed E-state index contributed by atoms with van der Waals surface area (Å²) in [6.45, 7) is 1.68. The summed E-state index contributed by atoms with van der Waals surface area (Å²) in [4.78, 5) is 21.7. The Kier molecular flexibility index (Phi) is 3.47. The third-order valence-corrected chi connectivity index (χ3v) is 1.49. The molecule has 6 nitrogen and oxygen atoms in total. The highest BCUT2D eigenvalue weighted by Crippen LogP contribution is 2.06. The van der Waals surface area contributed by atoms with E-state index in [9.17, 15) is 9.59 Å². The lowest BCUT2D eigenvalue weighted by Crippen LogP contribution is -2.35. The average molecular weight is 218 g/mol. The van der Waals surface area contributed by atoms with E-state index in [4.69, 9.17) is 16.1 Å². The van der Waals surface area contributed by atoms with Crippen molar-refractivity contribution in [2.75, 3.05) is 11.2 Å². The number of aryl methyl sites for hydroxylation is 1. The quantitative estimate of drug-likeness (QED) is 0.720. The highest BCUT2D eigenvalue weighted by atomic mass is 35.5. The van der Waals surface area contributed by atoms with Gasteiger partial charge in [0.15, 0.2) is 5.82 Å². The Morgan fingerprint density at radius 3 is 2.86 bits per heavy atom. The third-order valence-electron chi connectivity index (χ3n) is 1.24. The molecule has 2 N–H and O–H groups in total. The smallest absolute Gasteiger partial charge is 0.327 e. The van der Waals surface area contributed by atoms with Crippen LogP contribution in [0.2, 0.25) is 0 Å². The van der Waals surface area contributed by atoms with Crippen molar-refractivity contribution in [1.82, 2.24) is 10.5 Å². The number of alkyl halides is 1. The summed E-state index contributed by atoms with van der Waals surface area (Å²) < 4.78 is 4.69. The van der Waals surface area contributed by atoms with Crippen LogP contribution in [0.15, 0.2) is 10.6 Å². The van der Waals surface area contributed by atoms with Crippen molar-refractivity contribution >= 4 is 29.4 Å². The molecule has 0 aliphatic heterocycles. The van der Waals surface area contributed by atoms with Gasteiger partial charge in [0.2, 0.25) is 5.91 Å². The second kappa shape index (κ2) is 4.61. The normalized spacial score (nSPS) is 9.57. The molecule has 1 aromatic heterocycles. The first-order valence-electron chi connectivity index (χ1n) is 3.72. The van der Waals surface area contributed by atoms with Gasteiger partial charge in [-0.1, -0.05) is 5.16 Å². The molecule has 7 heteroatoms. The summed E-state index contributed by atoms with van der Waals surface area (Å²) in [7, 11) is 0. The fourth-order valence-corrected chi connectivity index (χ4v) is 0.800. The van der Waals surface area contributed by atoms with Gasteiger partial charge in [-0.3, -0.25) is 15.4 Å². The number of hydrogen-bond donors (Lipinski definition) is 2. The number of imide groups is 1. The second-order valence-electron chi connectivity index (χ2n) is 2.46. The molecule has 0 saturated carbocycles. The van der Waals surface area contributed by atoms with E-state index in [1.807, 2.05) is 5.32 Å². The first-order valence-corrected chi connectivity index (χ1v) is 4.25. The van der Waals surface area contributed by atoms with Gasteiger partial charge < -0.3 is 4.52 Å². The summed E-state index contributed by atoms with van der Waals surface area (Å²) in [6.07, 6.45) is 0. The van der Waals surface area contributed by atoms with Gasteiger partial charge in [-0.25, -0.2) is 4.79 Å². The van der Waals surface area contributed by atoms with Crippen LogP contribution in [0, 0.1) is 6.92 Å². The number of carbonyl (C=O) groups excluding carboxylic acids is 2. The van der Waals surface area contributed by atoms with E-state index < -0.39 is 11.9 Å². The lowest BCUT2D eigenvalue weighted by Gasteiger charge is -2.00. The molecular weight excluding hydrogens is 210 g/mol. The maximum Gasteiger partial charge on any atom is 0.327 e. The van der Waals surface area contributed by atoms with Crippen LogP contribution >= 0.6 is 11.6 Å². The molecule has 1 rings (SSSR count). The van der Waals surface area contributed by atoms with E-state index >= 15 is 0 Å². The molecule has 76 valence electrons. The second-order valence-corrected chi connectivity index (χ2v) is 2.73. The minimum atomic E-state index is -0.691. The Morgan fingerprint density at radius 1 is 1.64 bits per heavy atom. The Bertz CT molecular complexity index is 350. The number of hydrogen-bond acceptors (Lipinski definition) is 4. The molecule has 0 bridgehead atoms. The standard InChI is InChI=1S/C7H8ClN3O3/c1-4-2-5(11-14-4)9-7(13)10-6(12)3-8/h2H,3H2,1H3,(H2,9,10,11,12,13). The molecule has 0 radical (unpaired) electrons. The summed E-state index contributed by atoms with van der Waals surface area (Å²) >= 11 is 5.18. The highest BCUT2D eigenvalue weighted by Gasteiger charge is 2.08. The molecule has 0 spiro atoms. The zero-order valence-electron chi connectivity index (χ0n) is 7.33. The SMILES string of the molecule is Cc1cc(NC(=O)NC(=O)CCl)no1. The van der Waals surface area contributed by atoms with Gasteiger partial charge in [0.25, 0.3) is 0 Å². The van der Waals surface area contributed by atoms with Gasteiger partial charge in [0, 0.05) is 6.07 Å². The minimum absolute atomic E-state index is 0.238. The van der Waals surface area contributed by atoms with Crippen LogP contribution in [0.25, 0.3) is 0 Å². The van der Waals surface area contributed by atoms with Crippen molar-refractivity contribution in [3.05, 3.63) is 11.8 Å². The van der Waals surface area contributed by atoms with Crippen LogP contribution in [0.3, 0.4) is 0 Å². The van der Waals surface area contributed by atoms with Crippen molar-refractivity contribution in [2.24, 2.45) is 0 Å². The molecule has 0 saturated heterocycles. The van der Waals surface area contributed by atoms with Gasteiger partial charge >= 0.3 is 6.03 Å². The predicted octanol–water partition coefficient (Wildman–Crippen LogP) is 0.870. The first kappa shape index (κ1) is 10.5. The van der Waals surface area contributed by atoms with Gasteiger partial charge in [-0.15, -0.1) is 11.6 Å². The number of nitrogens with one attached hydrogen (secondary N) is 2. The lowest BCUT2D eigenvalue weighted by molar-refractivity contribution is -0.117. The molecule has 0 aromatic carbocycles. The maximum absolute atomic E-state index is 11.0. The topological polar surface area (TPSA) is 84.2 Å². The van der Waals surface area contributed by atoms with Gasteiger partial charge in [0.1, 0.15) is 11.6 Å². The van der Waals surface area contributed by atoms with Crippen LogP contribution in [0.4, 0.5) is 10.6 Å². The van der Waals surface area contributed by atoms with E-state index in [-0.39, 0.29) is 11.7 Å². The van der Waals surface area contributed by atoms with Gasteiger partial charge in [0.05, 0.1) is 0 Å². The van der Waals surface area contributed by atoms with Gasteiger partial charge in [-0.2, -0.15) is 0 Å². The van der Waals surface area contributed by atoms with Crippen LogP contribution in [-0.2, 0) is 4.79 Å². The maximum atomic E-state index is 11.0. The van der Waals surface area contributed by atoms with Crippen molar-refractivity contribution in [3.8, 4) is 0 Å². The molecular formula is C7H8ClN3O3. The van der Waals surface area contributed by atoms with E-state index in [0.717, 1.165) is 0 Å². The molecule has 0 fully saturated rings. The number of carbonyl (C=O) groups is 2. The fraction of sp³-hybridized carbons (Fsp3) is 0.286. The number of nitrogens with zero attached hydrogens (tertiary/aromatic N) is 1. The number of aromatic nitrogens is 1. The molecule has 14 heavy (non-hydrogen) atoms. The van der Waals surface area contributed by atoms with E-state index in [1.54, 1.807) is 6.92 Å². The molecule has 0 atom stereocenters. The summed E-state index contributed by atoms with van der Waals surface area (Å²) in [6, 6.07) is 0.828. The molecule has 0 unspecified atom stereocenters. The third kappa shape index (κ3) is 3.06. The number of rotatable bonds is 2. The molecule has 3 amide bonds. The van der Waals surface area contributed by atoms with Crippen molar-refractivity contribution in [2.45, 2.75) is 6.92 Å². The van der Waals surface area contributed by atoms with E-state index in [2.05, 4.69) is 10.5 Å². The summed E-state index contributed by atoms with van der Waals surface area (Å²) in [5.74, 6) is -0.0543. The number of amides is 3. The van der Waals surface area contributed by atoms with E-state index in [0.29, 0.717) is 5.76 Å². The van der Waals surface area contributed by atoms with E-state index in [1.165, 1.54) is 6.07 Å². The molecule has 0 aliphatic carbocycles. The largest absolute Gasteiger partial charge is 0.360 e. The Morgan fingerprint density at radius 2 is 2.36 bits per heavy atom. The van der Waals surface area contributed by atoms with Gasteiger partial charge in [-0.05, 0) is 6.92 Å². The first-order chi connectivity index (χ1) is 6.61. The van der Waals surface area contributed by atoms with Crippen molar-refractivity contribution in [3.63, 3.8) is 0 Å². The fourth-order valence-electron chi connectivity index (χ4n) is 0.733. The Balaban J connectivity index is 2.45. The van der Waals surface area contributed by atoms with Crippen molar-refractivity contribution in [1.29, 1.82) is 0 Å². The van der Waals surface area contributed by atoms with Crippen LogP contribution in [0.1, 0.15) is 5.76 Å². The molecule has 1 heterocycles. The Labute approximate surface area is 84.6 Å². The average Bonchev–Trinajstić information content (AvgIpc) is 2.50. The zero-order chi connectivity index (χ0) is 10.6. The minimum Gasteiger partial charge on any atom is -0.360 e. The lowest BCUT2D eigenvalue weighted by atomic mass is 10.5. The van der Waals surface area contributed by atoms with Crippen LogP contribution in [0.5, 0.6) is 0 Å². The molecule has 1 aromatic rings.